The van der Waals surface area contributed by atoms with Gasteiger partial charge in [0.25, 0.3) is 0 Å². The first kappa shape index (κ1) is 18.9. The lowest BCUT2D eigenvalue weighted by Gasteiger charge is -2.28. The van der Waals surface area contributed by atoms with Crippen molar-refractivity contribution < 1.29 is 14.0 Å². The summed E-state index contributed by atoms with van der Waals surface area (Å²) in [7, 11) is 0. The monoisotopic (exact) mass is 369 g/mol. The van der Waals surface area contributed by atoms with E-state index in [0.29, 0.717) is 11.3 Å². The van der Waals surface area contributed by atoms with Crippen LogP contribution in [0, 0.1) is 5.82 Å². The van der Waals surface area contributed by atoms with Crippen molar-refractivity contribution in [3.8, 4) is 0 Å². The second kappa shape index (κ2) is 9.16. The number of halogens is 1. The summed E-state index contributed by atoms with van der Waals surface area (Å²) < 4.78 is 13.5. The fraction of sp³-hybridized carbons (Fsp3) is 0.333. The summed E-state index contributed by atoms with van der Waals surface area (Å²) in [4.78, 5) is 26.3. The Bertz CT molecular complexity index is 786. The Morgan fingerprint density at radius 2 is 1.63 bits per heavy atom. The average molecular weight is 369 g/mol. The van der Waals surface area contributed by atoms with E-state index < -0.39 is 11.8 Å². The molecule has 0 aliphatic carbocycles. The Labute approximate surface area is 158 Å². The molecule has 1 heterocycles. The molecule has 3 rings (SSSR count). The molecule has 0 radical (unpaired) electrons. The predicted octanol–water partition coefficient (Wildman–Crippen LogP) is 3.46. The van der Waals surface area contributed by atoms with Crippen molar-refractivity contribution in [2.45, 2.75) is 32.2 Å². The van der Waals surface area contributed by atoms with Gasteiger partial charge in [-0.1, -0.05) is 18.2 Å². The van der Waals surface area contributed by atoms with E-state index in [1.165, 1.54) is 25.3 Å². The Morgan fingerprint density at radius 3 is 2.33 bits per heavy atom. The Balaban J connectivity index is 1.45. The number of piperidine rings is 1. The largest absolute Gasteiger partial charge is 0.372 e. The minimum Gasteiger partial charge on any atom is -0.372 e. The van der Waals surface area contributed by atoms with Gasteiger partial charge in [0.1, 0.15) is 12.2 Å². The van der Waals surface area contributed by atoms with Crippen LogP contribution in [0.4, 0.5) is 15.8 Å². The molecule has 142 valence electrons. The van der Waals surface area contributed by atoms with Gasteiger partial charge in [0.05, 0.1) is 0 Å². The fourth-order valence-corrected chi connectivity index (χ4v) is 3.16. The van der Waals surface area contributed by atoms with Gasteiger partial charge in [0.2, 0.25) is 11.8 Å². The first-order valence-corrected chi connectivity index (χ1v) is 9.27. The highest BCUT2D eigenvalue weighted by Crippen LogP contribution is 2.21. The lowest BCUT2D eigenvalue weighted by molar-refractivity contribution is -0.126. The molecular weight excluding hydrogens is 345 g/mol. The predicted molar refractivity (Wildman–Crippen MR) is 104 cm³/mol. The summed E-state index contributed by atoms with van der Waals surface area (Å²) in [5.41, 5.74) is 2.19. The van der Waals surface area contributed by atoms with Gasteiger partial charge >= 0.3 is 0 Å². The van der Waals surface area contributed by atoms with Crippen LogP contribution in [0.15, 0.2) is 48.5 Å². The van der Waals surface area contributed by atoms with E-state index in [-0.39, 0.29) is 18.8 Å². The Hall–Kier alpha value is -2.89. The molecule has 1 aliphatic heterocycles. The minimum atomic E-state index is -0.444. The maximum absolute atomic E-state index is 13.5. The molecule has 0 atom stereocenters. The van der Waals surface area contributed by atoms with Crippen LogP contribution >= 0.6 is 0 Å². The van der Waals surface area contributed by atoms with Gasteiger partial charge in [-0.3, -0.25) is 9.59 Å². The molecule has 2 amide bonds. The topological polar surface area (TPSA) is 61.4 Å². The summed E-state index contributed by atoms with van der Waals surface area (Å²) in [6.45, 7) is 2.19. The van der Waals surface area contributed by atoms with E-state index >= 15 is 0 Å². The molecule has 0 spiro atoms. The van der Waals surface area contributed by atoms with E-state index in [9.17, 15) is 14.0 Å². The van der Waals surface area contributed by atoms with E-state index in [4.69, 9.17) is 0 Å². The van der Waals surface area contributed by atoms with Crippen molar-refractivity contribution in [3.05, 3.63) is 59.9 Å². The van der Waals surface area contributed by atoms with Crippen molar-refractivity contribution in [2.24, 2.45) is 0 Å². The SMILES string of the molecule is O=C(CC(=O)Nc1ccc(N2CCCCC2)cc1)NCc1ccccc1F. The Kier molecular flexibility index (Phi) is 6.41. The number of carbonyl (C=O) groups excluding carboxylic acids is 2. The highest BCUT2D eigenvalue weighted by Gasteiger charge is 2.12. The second-order valence-corrected chi connectivity index (χ2v) is 6.69. The van der Waals surface area contributed by atoms with E-state index in [0.717, 1.165) is 18.8 Å². The van der Waals surface area contributed by atoms with Crippen LogP contribution in [0.25, 0.3) is 0 Å². The van der Waals surface area contributed by atoms with Crippen LogP contribution in [0.3, 0.4) is 0 Å². The molecule has 6 heteroatoms. The first-order valence-electron chi connectivity index (χ1n) is 9.27. The molecular formula is C21H24FN3O2. The molecule has 2 N–H and O–H groups in total. The van der Waals surface area contributed by atoms with Gasteiger partial charge in [-0.15, -0.1) is 0 Å². The number of benzene rings is 2. The van der Waals surface area contributed by atoms with E-state index in [2.05, 4.69) is 15.5 Å². The summed E-state index contributed by atoms with van der Waals surface area (Å²) in [6, 6.07) is 13.9. The van der Waals surface area contributed by atoms with Gasteiger partial charge in [0.15, 0.2) is 0 Å². The molecule has 1 aliphatic rings. The molecule has 2 aromatic carbocycles. The molecule has 0 saturated carbocycles. The van der Waals surface area contributed by atoms with E-state index in [1.54, 1.807) is 18.2 Å². The fourth-order valence-electron chi connectivity index (χ4n) is 3.16. The van der Waals surface area contributed by atoms with Crippen LogP contribution < -0.4 is 15.5 Å². The number of amides is 2. The quantitative estimate of drug-likeness (QED) is 0.767. The third-order valence-corrected chi connectivity index (χ3v) is 4.63. The van der Waals surface area contributed by atoms with Crippen molar-refractivity contribution in [1.82, 2.24) is 5.32 Å². The van der Waals surface area contributed by atoms with Gasteiger partial charge in [-0.25, -0.2) is 4.39 Å². The number of anilines is 2. The normalized spacial score (nSPS) is 13.9. The van der Waals surface area contributed by atoms with Crippen LogP contribution in [-0.2, 0) is 16.1 Å². The summed E-state index contributed by atoms with van der Waals surface area (Å²) in [5, 5.41) is 5.28. The number of nitrogens with zero attached hydrogens (tertiary/aromatic N) is 1. The van der Waals surface area contributed by atoms with Crippen molar-refractivity contribution in [2.75, 3.05) is 23.3 Å². The van der Waals surface area contributed by atoms with Crippen LogP contribution in [-0.4, -0.2) is 24.9 Å². The maximum Gasteiger partial charge on any atom is 0.233 e. The third-order valence-electron chi connectivity index (χ3n) is 4.63. The van der Waals surface area contributed by atoms with Crippen molar-refractivity contribution >= 4 is 23.2 Å². The van der Waals surface area contributed by atoms with E-state index in [1.807, 2.05) is 24.3 Å². The molecule has 1 saturated heterocycles. The van der Waals surface area contributed by atoms with Crippen LogP contribution in [0.2, 0.25) is 0 Å². The lowest BCUT2D eigenvalue weighted by atomic mass is 10.1. The molecule has 0 unspecified atom stereocenters. The standard InChI is InChI=1S/C21H24FN3O2/c22-19-7-3-2-6-16(19)15-23-20(26)14-21(27)24-17-8-10-18(11-9-17)25-12-4-1-5-13-25/h2-3,6-11H,1,4-5,12-15H2,(H,23,26)(H,24,27). The zero-order valence-corrected chi connectivity index (χ0v) is 15.2. The number of rotatable bonds is 6. The third kappa shape index (κ3) is 5.54. The van der Waals surface area contributed by atoms with Gasteiger partial charge in [-0.2, -0.15) is 0 Å². The number of hydrogen-bond donors (Lipinski definition) is 2. The summed E-state index contributed by atoms with van der Waals surface area (Å²) >= 11 is 0. The highest BCUT2D eigenvalue weighted by atomic mass is 19.1. The summed E-state index contributed by atoms with van der Waals surface area (Å²) in [6.07, 6.45) is 3.40. The zero-order valence-electron chi connectivity index (χ0n) is 15.2. The number of nitrogens with one attached hydrogen (secondary N) is 2. The van der Waals surface area contributed by atoms with Crippen LogP contribution in [0.1, 0.15) is 31.2 Å². The Morgan fingerprint density at radius 1 is 0.926 bits per heavy atom. The van der Waals surface area contributed by atoms with Crippen LogP contribution in [0.5, 0.6) is 0 Å². The number of hydrogen-bond acceptors (Lipinski definition) is 3. The van der Waals surface area contributed by atoms with Gasteiger partial charge in [-0.05, 0) is 49.6 Å². The molecule has 2 aromatic rings. The maximum atomic E-state index is 13.5. The molecule has 0 bridgehead atoms. The van der Waals surface area contributed by atoms with Gasteiger partial charge < -0.3 is 15.5 Å². The number of carbonyl (C=O) groups is 2. The smallest absolute Gasteiger partial charge is 0.233 e. The zero-order chi connectivity index (χ0) is 19.1. The highest BCUT2D eigenvalue weighted by molar-refractivity contribution is 6.03. The lowest BCUT2D eigenvalue weighted by Crippen LogP contribution is -2.29. The average Bonchev–Trinajstić information content (AvgIpc) is 2.68. The second-order valence-electron chi connectivity index (χ2n) is 6.69. The molecule has 27 heavy (non-hydrogen) atoms. The van der Waals surface area contributed by atoms with Crippen molar-refractivity contribution in [1.29, 1.82) is 0 Å². The first-order chi connectivity index (χ1) is 13.1. The summed E-state index contributed by atoms with van der Waals surface area (Å²) in [5.74, 6) is -1.22. The molecule has 5 nitrogen and oxygen atoms in total. The van der Waals surface area contributed by atoms with Gasteiger partial charge in [0, 0.05) is 36.6 Å². The minimum absolute atomic E-state index is 0.0588. The van der Waals surface area contributed by atoms with Crippen molar-refractivity contribution in [3.63, 3.8) is 0 Å². The molecule has 1 fully saturated rings. The molecule has 0 aromatic heterocycles.